The second-order valence-electron chi connectivity index (χ2n) is 29.8. The minimum absolute atomic E-state index is 0.00213. The molecule has 4 unspecified atom stereocenters. The predicted molar refractivity (Wildman–Crippen MR) is 469 cm³/mol. The lowest BCUT2D eigenvalue weighted by molar-refractivity contribution is 0.0773. The second-order valence-corrected chi connectivity index (χ2v) is 31.5. The third-order valence-corrected chi connectivity index (χ3v) is 23.4. The van der Waals surface area contributed by atoms with E-state index < -0.39 is 0 Å². The average molecular weight is 1610 g/mol. The summed E-state index contributed by atoms with van der Waals surface area (Å²) in [6.45, 7) is 12.2. The number of nitrogens with zero attached hydrogens (tertiary/aromatic N) is 2. The zero-order valence-corrected chi connectivity index (χ0v) is 67.9. The summed E-state index contributed by atoms with van der Waals surface area (Å²) in [5.41, 5.74) is 14.9. The quantitative estimate of drug-likeness (QED) is 0.0440. The lowest BCUT2D eigenvalue weighted by Crippen LogP contribution is -2.39. The van der Waals surface area contributed by atoms with E-state index in [1.807, 2.05) is 72.8 Å². The van der Waals surface area contributed by atoms with Crippen molar-refractivity contribution in [2.75, 3.05) is 78.5 Å². The van der Waals surface area contributed by atoms with E-state index in [2.05, 4.69) is 202 Å². The van der Waals surface area contributed by atoms with Crippen LogP contribution >= 0.6 is 46.4 Å². The van der Waals surface area contributed by atoms with Crippen molar-refractivity contribution in [3.8, 4) is 29.1 Å². The molecular weight excluding hydrogens is 1500 g/mol. The predicted octanol–water partition coefficient (Wildman–Crippen LogP) is 22.9. The highest BCUT2D eigenvalue weighted by molar-refractivity contribution is 6.42. The number of nitrogens with two attached hydrogens (primary N) is 1. The molecule has 592 valence electrons. The summed E-state index contributed by atoms with van der Waals surface area (Å²) >= 11 is 24.2. The summed E-state index contributed by atoms with van der Waals surface area (Å²) < 4.78 is 39.0. The lowest BCUT2D eigenvalue weighted by Gasteiger charge is -2.36. The van der Waals surface area contributed by atoms with Gasteiger partial charge in [0.1, 0.15) is 59.3 Å². The number of fused-ring (bicyclic) bond motifs is 1. The molecule has 0 saturated carbocycles. The molecule has 4 atom stereocenters. The highest BCUT2D eigenvalue weighted by atomic mass is 35.5. The Bertz CT molecular complexity index is 4710. The van der Waals surface area contributed by atoms with E-state index in [4.69, 9.17) is 76.3 Å². The number of ether oxygens (including phenoxy) is 4. The fourth-order valence-corrected chi connectivity index (χ4v) is 16.6. The molecule has 16 heteroatoms. The number of nitrogens with one attached hydrogen (secondary N) is 4. The molecule has 0 radical (unpaired) electrons. The number of allylic oxidation sites excluding steroid dienone is 1. The van der Waals surface area contributed by atoms with E-state index in [0.29, 0.717) is 68.3 Å². The first-order valence-corrected chi connectivity index (χ1v) is 42.1. The molecular formula is C98H106Cl4FN7O4. The van der Waals surface area contributed by atoms with E-state index >= 15 is 0 Å². The largest absolute Gasteiger partial charge is 0.485 e. The Labute approximate surface area is 694 Å². The molecule has 5 saturated heterocycles. The molecule has 6 N–H and O–H groups in total. The fraction of sp³-hybridized carbons (Fsp3) is 0.316. The number of hydrogen-bond donors (Lipinski definition) is 5. The van der Waals surface area contributed by atoms with Crippen LogP contribution in [0.15, 0.2) is 279 Å². The molecule has 16 rings (SSSR count). The molecule has 11 nitrogen and oxygen atoms in total. The Morgan fingerprint density at radius 2 is 0.833 bits per heavy atom. The van der Waals surface area contributed by atoms with Gasteiger partial charge in [-0.05, 0) is 235 Å². The van der Waals surface area contributed by atoms with Gasteiger partial charge in [0, 0.05) is 65.4 Å². The maximum absolute atomic E-state index is 13.5. The van der Waals surface area contributed by atoms with Crippen LogP contribution in [0.4, 0.5) is 4.39 Å². The number of nitriles is 1. The van der Waals surface area contributed by atoms with Gasteiger partial charge in [-0.3, -0.25) is 0 Å². The van der Waals surface area contributed by atoms with Gasteiger partial charge < -0.3 is 50.8 Å². The molecule has 5 aliphatic rings. The molecule has 11 aromatic rings. The van der Waals surface area contributed by atoms with Crippen molar-refractivity contribution < 1.29 is 23.3 Å². The van der Waals surface area contributed by atoms with E-state index in [1.54, 1.807) is 30.3 Å². The smallest absolute Gasteiger partial charge is 0.128 e. The summed E-state index contributed by atoms with van der Waals surface area (Å²) in [5.74, 6) is 5.35. The first kappa shape index (κ1) is 84.4. The van der Waals surface area contributed by atoms with Crippen LogP contribution in [0, 0.1) is 46.7 Å². The number of halogens is 5. The van der Waals surface area contributed by atoms with Gasteiger partial charge in [-0.25, -0.2) is 4.39 Å². The van der Waals surface area contributed by atoms with Crippen LogP contribution in [0.1, 0.15) is 128 Å². The minimum atomic E-state index is -0.267. The number of piperidine rings is 5. The van der Waals surface area contributed by atoms with Gasteiger partial charge >= 0.3 is 0 Å². The van der Waals surface area contributed by atoms with Gasteiger partial charge in [0.05, 0.1) is 20.6 Å². The van der Waals surface area contributed by atoms with Crippen LogP contribution in [0.25, 0.3) is 22.4 Å². The topological polar surface area (TPSA) is 138 Å². The zero-order valence-electron chi connectivity index (χ0n) is 64.9. The SMILES string of the molecule is Clc1ccc(C=C(c2ccccc2)C2CCNCC2)cc1.Clc1ccc(OC(c2ccccc2)C2CCNCC2)cc1Cl.N#Cc1ccc(OC(c2ccccc2)C2CCNCC2)cc1Cl.NCCN1CCC(C(Oc2cccc(F)c2)c2ccccc2)CC1.c1ccc(C(Oc2cccc3ccccc23)C2CCNCC2)cc1. The Morgan fingerprint density at radius 1 is 0.421 bits per heavy atom. The molecule has 5 aliphatic heterocycles. The third kappa shape index (κ3) is 25.5. The molecule has 0 bridgehead atoms. The number of rotatable bonds is 21. The van der Waals surface area contributed by atoms with Crippen LogP contribution in [0.5, 0.6) is 23.0 Å². The van der Waals surface area contributed by atoms with Gasteiger partial charge in [-0.15, -0.1) is 0 Å². The highest BCUT2D eigenvalue weighted by Crippen LogP contribution is 2.41. The van der Waals surface area contributed by atoms with Crippen molar-refractivity contribution >= 4 is 68.8 Å². The van der Waals surface area contributed by atoms with Crippen molar-refractivity contribution in [1.82, 2.24) is 26.2 Å². The second kappa shape index (κ2) is 45.3. The van der Waals surface area contributed by atoms with E-state index in [9.17, 15) is 4.39 Å². The average Bonchev–Trinajstić information content (AvgIpc) is 0.829. The van der Waals surface area contributed by atoms with E-state index in [0.717, 1.165) is 145 Å². The van der Waals surface area contributed by atoms with Gasteiger partial charge in [0.25, 0.3) is 0 Å². The maximum atomic E-state index is 13.5. The van der Waals surface area contributed by atoms with Crippen LogP contribution in [0.3, 0.4) is 0 Å². The monoisotopic (exact) mass is 1600 g/mol. The Kier molecular flexibility index (Phi) is 33.5. The summed E-state index contributed by atoms with van der Waals surface area (Å²) in [6.07, 6.45) is 13.7. The number of likely N-dealkylation sites (tertiary alicyclic amines) is 1. The van der Waals surface area contributed by atoms with Gasteiger partial charge in [-0.1, -0.05) is 259 Å². The molecule has 0 aromatic heterocycles. The summed E-state index contributed by atoms with van der Waals surface area (Å²) in [7, 11) is 0. The van der Waals surface area contributed by atoms with Crippen molar-refractivity contribution in [3.05, 3.63) is 344 Å². The van der Waals surface area contributed by atoms with E-state index in [-0.39, 0.29) is 30.2 Å². The third-order valence-electron chi connectivity index (χ3n) is 22.1. The van der Waals surface area contributed by atoms with E-state index in [1.165, 1.54) is 69.1 Å². The molecule has 0 aliphatic carbocycles. The number of hydrogen-bond acceptors (Lipinski definition) is 11. The first-order valence-electron chi connectivity index (χ1n) is 40.5. The molecule has 5 heterocycles. The summed E-state index contributed by atoms with van der Waals surface area (Å²) in [5, 5.41) is 27.4. The van der Waals surface area contributed by atoms with Gasteiger partial charge in [0.15, 0.2) is 0 Å². The molecule has 0 amide bonds. The standard InChI is InChI=1S/C22H23NO.C20H25FN2O.C19H19ClN2O.C19H20ClN.C18H19Cl2NO/c1-2-8-18(9-3-1)22(19-13-15-23-16-14-19)24-21-12-6-10-17-7-4-5-11-20(17)21;21-18-7-4-8-19(15-18)24-20(16-5-2-1-3-6-16)17-9-12-23(13-10-17)14-11-22;20-18-12-17(7-6-16(18)13-21)23-19(14-4-2-1-3-5-14)15-8-10-22-11-9-15;20-18-8-6-15(7-9-18)14-19(16-4-2-1-3-5-16)17-10-12-21-13-11-17;19-16-7-6-15(12-17(16)20)22-18(13-4-2-1-3-5-13)14-8-10-21-11-9-14/h1-12,19,22-23H,13-16H2;1-8,15,17,20H,9-14,22H2;1-7,12,15,19,22H,8-11H2;1-9,14,17,21H,10-13H2;1-7,12,14,18,21H,8-11H2. The van der Waals surface area contributed by atoms with Crippen LogP contribution in [-0.2, 0) is 0 Å². The zero-order chi connectivity index (χ0) is 78.9. The normalized spacial score (nSPS) is 17.0. The van der Waals surface area contributed by atoms with Crippen molar-refractivity contribution in [2.24, 2.45) is 35.3 Å². The molecule has 5 fully saturated rings. The Balaban J connectivity index is 0.000000132. The Morgan fingerprint density at radius 3 is 1.30 bits per heavy atom. The lowest BCUT2D eigenvalue weighted by atomic mass is 9.84. The maximum Gasteiger partial charge on any atom is 0.128 e. The van der Waals surface area contributed by atoms with Gasteiger partial charge in [-0.2, -0.15) is 5.26 Å². The summed E-state index contributed by atoms with van der Waals surface area (Å²) in [4.78, 5) is 2.40. The highest BCUT2D eigenvalue weighted by Gasteiger charge is 2.32. The summed E-state index contributed by atoms with van der Waals surface area (Å²) in [6, 6.07) is 94.4. The van der Waals surface area contributed by atoms with Crippen molar-refractivity contribution in [2.45, 2.75) is 88.6 Å². The van der Waals surface area contributed by atoms with Crippen molar-refractivity contribution in [3.63, 3.8) is 0 Å². The van der Waals surface area contributed by atoms with Crippen LogP contribution < -0.4 is 45.9 Å². The van der Waals surface area contributed by atoms with Crippen molar-refractivity contribution in [1.29, 1.82) is 5.26 Å². The first-order chi connectivity index (χ1) is 56.0. The van der Waals surface area contributed by atoms with Crippen LogP contribution in [-0.4, -0.2) is 83.4 Å². The number of benzene rings is 11. The van der Waals surface area contributed by atoms with Gasteiger partial charge in [0.2, 0.25) is 0 Å². The molecule has 0 spiro atoms. The Hall–Kier alpha value is -9.04. The minimum Gasteiger partial charge on any atom is -0.485 e. The molecule has 11 aromatic carbocycles. The fourth-order valence-electron chi connectivity index (χ4n) is 16.0. The van der Waals surface area contributed by atoms with Crippen LogP contribution in [0.2, 0.25) is 20.1 Å². The molecule has 114 heavy (non-hydrogen) atoms.